The third-order valence-corrected chi connectivity index (χ3v) is 2.83. The van der Waals surface area contributed by atoms with Gasteiger partial charge in [0.05, 0.1) is 17.6 Å². The lowest BCUT2D eigenvalue weighted by molar-refractivity contribution is -0.116. The Labute approximate surface area is 121 Å². The maximum Gasteiger partial charge on any atom is 0.250 e. The maximum atomic E-state index is 11.9. The molecule has 2 aromatic heterocycles. The lowest BCUT2D eigenvalue weighted by Crippen LogP contribution is -2.22. The minimum Gasteiger partial charge on any atom is -0.325 e. The molecule has 0 saturated carbocycles. The Morgan fingerprint density at radius 1 is 1.38 bits per heavy atom. The summed E-state index contributed by atoms with van der Waals surface area (Å²) in [5, 5.41) is 10.3. The van der Waals surface area contributed by atoms with Crippen LogP contribution in [0.2, 0.25) is 0 Å². The molecule has 8 nitrogen and oxygen atoms in total. The summed E-state index contributed by atoms with van der Waals surface area (Å²) in [4.78, 5) is 23.5. The summed E-state index contributed by atoms with van der Waals surface area (Å²) in [5.74, 6) is -0.245. The van der Waals surface area contributed by atoms with Crippen molar-refractivity contribution < 1.29 is 4.79 Å². The van der Waals surface area contributed by atoms with Crippen molar-refractivity contribution in [2.24, 2.45) is 5.73 Å². The Kier molecular flexibility index (Phi) is 4.83. The predicted molar refractivity (Wildman–Crippen MR) is 77.5 cm³/mol. The number of nitrogens with one attached hydrogen (secondary N) is 1. The summed E-state index contributed by atoms with van der Waals surface area (Å²) in [6.07, 6.45) is 4.10. The van der Waals surface area contributed by atoms with E-state index in [2.05, 4.69) is 15.6 Å². The maximum absolute atomic E-state index is 11.9. The van der Waals surface area contributed by atoms with Crippen molar-refractivity contribution in [2.45, 2.75) is 33.0 Å². The molecule has 2 rings (SSSR count). The van der Waals surface area contributed by atoms with Gasteiger partial charge in [-0.05, 0) is 12.5 Å². The molecule has 0 fully saturated rings. The summed E-state index contributed by atoms with van der Waals surface area (Å²) in [7, 11) is 0. The summed E-state index contributed by atoms with van der Waals surface area (Å²) in [6, 6.07) is 3.02. The Morgan fingerprint density at radius 3 is 2.86 bits per heavy atom. The van der Waals surface area contributed by atoms with Crippen LogP contribution in [0, 0.1) is 0 Å². The van der Waals surface area contributed by atoms with Crippen LogP contribution in [0.5, 0.6) is 0 Å². The first kappa shape index (κ1) is 14.9. The largest absolute Gasteiger partial charge is 0.325 e. The smallest absolute Gasteiger partial charge is 0.250 e. The molecule has 0 radical (unpaired) electrons. The third kappa shape index (κ3) is 3.99. The number of aromatic nitrogens is 4. The number of carbonyl (C=O) groups excluding carboxylic acids is 1. The van der Waals surface area contributed by atoms with Gasteiger partial charge in [-0.15, -0.1) is 5.10 Å². The number of nitrogens with zero attached hydrogens (tertiary/aromatic N) is 4. The van der Waals surface area contributed by atoms with E-state index in [1.165, 1.54) is 10.7 Å². The molecule has 3 N–H and O–H groups in total. The summed E-state index contributed by atoms with van der Waals surface area (Å²) in [6.45, 7) is 2.92. The molecule has 0 saturated heterocycles. The Bertz CT molecular complexity index is 675. The lowest BCUT2D eigenvalue weighted by Gasteiger charge is -2.08. The van der Waals surface area contributed by atoms with E-state index in [9.17, 15) is 9.59 Å². The molecule has 0 aliphatic carbocycles. The number of carbonyl (C=O) groups is 1. The molecule has 2 heterocycles. The minimum atomic E-state index is -0.245. The fourth-order valence-electron chi connectivity index (χ4n) is 1.88. The van der Waals surface area contributed by atoms with Crippen molar-refractivity contribution in [2.75, 3.05) is 5.32 Å². The van der Waals surface area contributed by atoms with Gasteiger partial charge in [-0.2, -0.15) is 0 Å². The number of amides is 1. The van der Waals surface area contributed by atoms with Gasteiger partial charge >= 0.3 is 0 Å². The van der Waals surface area contributed by atoms with Gasteiger partial charge in [0.15, 0.2) is 0 Å². The highest BCUT2D eigenvalue weighted by molar-refractivity contribution is 5.90. The third-order valence-electron chi connectivity index (χ3n) is 2.83. The molecule has 21 heavy (non-hydrogen) atoms. The molecular weight excluding hydrogens is 272 g/mol. The van der Waals surface area contributed by atoms with E-state index in [-0.39, 0.29) is 24.6 Å². The summed E-state index contributed by atoms with van der Waals surface area (Å²) >= 11 is 0. The molecule has 0 unspecified atom stereocenters. The van der Waals surface area contributed by atoms with Gasteiger partial charge in [0.2, 0.25) is 5.91 Å². The zero-order valence-corrected chi connectivity index (χ0v) is 11.8. The topological polar surface area (TPSA) is 108 Å². The molecule has 0 atom stereocenters. The summed E-state index contributed by atoms with van der Waals surface area (Å²) in [5.41, 5.74) is 6.54. The number of aryl methyl sites for hydroxylation is 1. The van der Waals surface area contributed by atoms with E-state index in [1.54, 1.807) is 23.0 Å². The molecule has 1 amide bonds. The van der Waals surface area contributed by atoms with Crippen molar-refractivity contribution in [3.63, 3.8) is 0 Å². The monoisotopic (exact) mass is 290 g/mol. The van der Waals surface area contributed by atoms with Crippen LogP contribution in [-0.4, -0.2) is 25.5 Å². The number of hydrogen-bond acceptors (Lipinski definition) is 5. The summed E-state index contributed by atoms with van der Waals surface area (Å²) < 4.78 is 2.98. The molecule has 8 heteroatoms. The zero-order valence-electron chi connectivity index (χ0n) is 11.8. The van der Waals surface area contributed by atoms with Crippen molar-refractivity contribution in [1.82, 2.24) is 19.6 Å². The van der Waals surface area contributed by atoms with Crippen LogP contribution >= 0.6 is 0 Å². The normalized spacial score (nSPS) is 10.6. The fourth-order valence-corrected chi connectivity index (χ4v) is 1.88. The van der Waals surface area contributed by atoms with Crippen LogP contribution in [0.15, 0.2) is 29.3 Å². The first-order valence-electron chi connectivity index (χ1n) is 6.71. The van der Waals surface area contributed by atoms with E-state index in [0.29, 0.717) is 17.9 Å². The van der Waals surface area contributed by atoms with Crippen molar-refractivity contribution in [3.8, 4) is 0 Å². The average Bonchev–Trinajstić information content (AvgIpc) is 2.90. The molecule has 0 aromatic carbocycles. The van der Waals surface area contributed by atoms with Gasteiger partial charge in [0, 0.05) is 25.4 Å². The Hall–Kier alpha value is -2.48. The van der Waals surface area contributed by atoms with Crippen LogP contribution in [0.1, 0.15) is 19.0 Å². The average molecular weight is 290 g/mol. The molecular formula is C13H18N6O2. The second kappa shape index (κ2) is 6.80. The number of nitrogens with two attached hydrogens (primary N) is 1. The molecule has 0 aliphatic rings. The van der Waals surface area contributed by atoms with E-state index >= 15 is 0 Å². The number of anilines is 1. The van der Waals surface area contributed by atoms with E-state index in [1.807, 2.05) is 6.92 Å². The second-order valence-electron chi connectivity index (χ2n) is 4.61. The highest BCUT2D eigenvalue weighted by atomic mass is 16.2. The number of rotatable bonds is 6. The van der Waals surface area contributed by atoms with Crippen molar-refractivity contribution in [1.29, 1.82) is 0 Å². The minimum absolute atomic E-state index is 0.0416. The van der Waals surface area contributed by atoms with Crippen LogP contribution in [0.3, 0.4) is 0 Å². The first-order valence-corrected chi connectivity index (χ1v) is 6.71. The Balaban J connectivity index is 2.02. The van der Waals surface area contributed by atoms with E-state index < -0.39 is 0 Å². The number of pyridine rings is 1. The van der Waals surface area contributed by atoms with Gasteiger partial charge in [-0.1, -0.05) is 12.1 Å². The van der Waals surface area contributed by atoms with E-state index in [4.69, 9.17) is 5.73 Å². The number of hydrogen-bond donors (Lipinski definition) is 2. The van der Waals surface area contributed by atoms with Gasteiger partial charge in [0.25, 0.3) is 5.56 Å². The molecule has 0 bridgehead atoms. The van der Waals surface area contributed by atoms with Gasteiger partial charge in [-0.25, -0.2) is 4.68 Å². The molecule has 0 spiro atoms. The van der Waals surface area contributed by atoms with Crippen LogP contribution in [0.25, 0.3) is 0 Å². The standard InChI is InChI=1S/C13H18N6O2/c1-2-5-18-7-10(3-4-13(18)21)15-12(20)9-19-8-11(6-14)16-17-19/h3-4,7-8H,2,5-6,9,14H2,1H3,(H,15,20). The quantitative estimate of drug-likeness (QED) is 0.775. The van der Waals surface area contributed by atoms with Crippen LogP contribution in [-0.2, 0) is 24.4 Å². The highest BCUT2D eigenvalue weighted by Crippen LogP contribution is 2.04. The van der Waals surface area contributed by atoms with Crippen molar-refractivity contribution in [3.05, 3.63) is 40.6 Å². The van der Waals surface area contributed by atoms with Crippen molar-refractivity contribution >= 4 is 11.6 Å². The fraction of sp³-hybridized carbons (Fsp3) is 0.385. The lowest BCUT2D eigenvalue weighted by atomic mass is 10.3. The van der Waals surface area contributed by atoms with Gasteiger partial charge in [-0.3, -0.25) is 9.59 Å². The van der Waals surface area contributed by atoms with Gasteiger partial charge < -0.3 is 15.6 Å². The molecule has 0 aliphatic heterocycles. The van der Waals surface area contributed by atoms with E-state index in [0.717, 1.165) is 6.42 Å². The second-order valence-corrected chi connectivity index (χ2v) is 4.61. The van der Waals surface area contributed by atoms with Crippen LogP contribution in [0.4, 0.5) is 5.69 Å². The highest BCUT2D eigenvalue weighted by Gasteiger charge is 2.07. The van der Waals surface area contributed by atoms with Crippen LogP contribution < -0.4 is 16.6 Å². The molecule has 2 aromatic rings. The molecule has 112 valence electrons. The first-order chi connectivity index (χ1) is 10.1. The Morgan fingerprint density at radius 2 is 2.19 bits per heavy atom. The zero-order chi connectivity index (χ0) is 15.2. The predicted octanol–water partition coefficient (Wildman–Crippen LogP) is -0.0528. The SMILES string of the molecule is CCCn1cc(NC(=O)Cn2cc(CN)nn2)ccc1=O. The van der Waals surface area contributed by atoms with Gasteiger partial charge in [0.1, 0.15) is 6.54 Å².